The van der Waals surface area contributed by atoms with Gasteiger partial charge < -0.3 is 10.4 Å². The van der Waals surface area contributed by atoms with Gasteiger partial charge in [-0.3, -0.25) is 9.59 Å². The van der Waals surface area contributed by atoms with Gasteiger partial charge in [-0.25, -0.2) is 4.79 Å². The Morgan fingerprint density at radius 2 is 2.00 bits per heavy atom. The number of thiol groups is 1. The summed E-state index contributed by atoms with van der Waals surface area (Å²) in [5.41, 5.74) is 0. The van der Waals surface area contributed by atoms with E-state index in [0.717, 1.165) is 6.92 Å². The van der Waals surface area contributed by atoms with Crippen LogP contribution in [0, 0.1) is 0 Å². The van der Waals surface area contributed by atoms with E-state index in [2.05, 4.69) is 17.9 Å². The Labute approximate surface area is 80.9 Å². The lowest BCUT2D eigenvalue weighted by molar-refractivity contribution is -0.145. The van der Waals surface area contributed by atoms with Crippen LogP contribution < -0.4 is 5.32 Å². The van der Waals surface area contributed by atoms with Crippen molar-refractivity contribution in [3.8, 4) is 0 Å². The Hall–Kier alpha value is -1.04. The third-order valence-corrected chi connectivity index (χ3v) is 1.52. The van der Waals surface area contributed by atoms with Gasteiger partial charge in [0.1, 0.15) is 0 Å². The summed E-state index contributed by atoms with van der Waals surface area (Å²) in [5, 5.41) is 10.6. The van der Waals surface area contributed by atoms with E-state index >= 15 is 0 Å². The summed E-state index contributed by atoms with van der Waals surface area (Å²) in [6, 6.07) is -1.44. The van der Waals surface area contributed by atoms with Crippen LogP contribution in [0.1, 0.15) is 13.3 Å². The molecule has 6 heteroatoms. The van der Waals surface area contributed by atoms with Crippen LogP contribution in [0.15, 0.2) is 0 Å². The Morgan fingerprint density at radius 1 is 1.46 bits per heavy atom. The first-order chi connectivity index (χ1) is 5.99. The smallest absolute Gasteiger partial charge is 0.334 e. The van der Waals surface area contributed by atoms with Crippen molar-refractivity contribution in [2.45, 2.75) is 19.4 Å². The molecule has 0 heterocycles. The largest absolute Gasteiger partial charge is 0.479 e. The number of hydrogen-bond donors (Lipinski definition) is 3. The van der Waals surface area contributed by atoms with E-state index in [1.54, 1.807) is 0 Å². The molecule has 0 saturated heterocycles. The summed E-state index contributed by atoms with van der Waals surface area (Å²) in [6.45, 7) is 1.11. The molecule has 0 aliphatic rings. The van der Waals surface area contributed by atoms with Crippen LogP contribution in [-0.2, 0) is 14.4 Å². The molecule has 0 fully saturated rings. The number of carboxylic acid groups (broad SMARTS) is 1. The Balaban J connectivity index is 4.19. The molecular formula is C7H11NO4S. The molecule has 0 aliphatic heterocycles. The zero-order valence-electron chi connectivity index (χ0n) is 7.11. The second-order valence-electron chi connectivity index (χ2n) is 2.42. The minimum absolute atomic E-state index is 0.0974. The Kier molecular flexibility index (Phi) is 5.13. The first-order valence-electron chi connectivity index (χ1n) is 3.62. The zero-order chi connectivity index (χ0) is 10.4. The van der Waals surface area contributed by atoms with Gasteiger partial charge in [0.15, 0.2) is 11.8 Å². The van der Waals surface area contributed by atoms with Crippen molar-refractivity contribution in [3.63, 3.8) is 0 Å². The predicted molar refractivity (Wildman–Crippen MR) is 48.7 cm³/mol. The standard InChI is InChI=1S/C7H11NO4S/c1-4(9)6(7(11)12)8-5(10)2-3-13/h6,13H,2-3H2,1H3,(H,8,10)(H,11,12). The maximum Gasteiger partial charge on any atom is 0.334 e. The van der Waals surface area contributed by atoms with Crippen LogP contribution >= 0.6 is 12.6 Å². The molecule has 0 aromatic heterocycles. The first-order valence-corrected chi connectivity index (χ1v) is 4.25. The van der Waals surface area contributed by atoms with Crippen LogP contribution in [0.4, 0.5) is 0 Å². The van der Waals surface area contributed by atoms with Gasteiger partial charge >= 0.3 is 5.97 Å². The van der Waals surface area contributed by atoms with Gasteiger partial charge in [0.2, 0.25) is 5.91 Å². The molecule has 13 heavy (non-hydrogen) atoms. The zero-order valence-corrected chi connectivity index (χ0v) is 8.01. The fourth-order valence-corrected chi connectivity index (χ4v) is 0.875. The number of hydrogen-bond acceptors (Lipinski definition) is 4. The fraction of sp³-hybridized carbons (Fsp3) is 0.571. The topological polar surface area (TPSA) is 83.5 Å². The van der Waals surface area contributed by atoms with Gasteiger partial charge in [0, 0.05) is 6.42 Å². The van der Waals surface area contributed by atoms with Gasteiger partial charge in [-0.1, -0.05) is 0 Å². The average molecular weight is 205 g/mol. The van der Waals surface area contributed by atoms with E-state index in [9.17, 15) is 14.4 Å². The number of amides is 1. The molecule has 0 rings (SSSR count). The molecule has 1 atom stereocenters. The summed E-state index contributed by atoms with van der Waals surface area (Å²) in [4.78, 5) is 32.0. The summed E-state index contributed by atoms with van der Waals surface area (Å²) < 4.78 is 0. The lowest BCUT2D eigenvalue weighted by Gasteiger charge is -2.10. The van der Waals surface area contributed by atoms with Crippen LogP contribution in [0.3, 0.4) is 0 Å². The molecule has 0 aromatic rings. The maximum atomic E-state index is 10.9. The normalized spacial score (nSPS) is 11.8. The first kappa shape index (κ1) is 12.0. The summed E-state index contributed by atoms with van der Waals surface area (Å²) >= 11 is 3.79. The number of nitrogens with one attached hydrogen (secondary N) is 1. The van der Waals surface area contributed by atoms with Crippen LogP contribution in [0.5, 0.6) is 0 Å². The van der Waals surface area contributed by atoms with Crippen molar-refractivity contribution < 1.29 is 19.5 Å². The number of carbonyl (C=O) groups is 3. The number of aliphatic carboxylic acids is 1. The van der Waals surface area contributed by atoms with Crippen molar-refractivity contribution >= 4 is 30.3 Å². The van der Waals surface area contributed by atoms with E-state index in [1.165, 1.54) is 0 Å². The molecule has 5 nitrogen and oxygen atoms in total. The molecule has 0 radical (unpaired) electrons. The highest BCUT2D eigenvalue weighted by atomic mass is 32.1. The van der Waals surface area contributed by atoms with E-state index in [0.29, 0.717) is 5.75 Å². The number of rotatable bonds is 5. The molecule has 1 unspecified atom stereocenters. The Bertz CT molecular complexity index is 215. The van der Waals surface area contributed by atoms with E-state index in [4.69, 9.17) is 5.11 Å². The van der Waals surface area contributed by atoms with Crippen molar-refractivity contribution in [2.75, 3.05) is 5.75 Å². The Morgan fingerprint density at radius 3 is 2.31 bits per heavy atom. The van der Waals surface area contributed by atoms with Gasteiger partial charge in [-0.15, -0.1) is 0 Å². The molecule has 0 aliphatic carbocycles. The molecular weight excluding hydrogens is 194 g/mol. The highest BCUT2D eigenvalue weighted by Crippen LogP contribution is 1.90. The second-order valence-corrected chi connectivity index (χ2v) is 2.87. The number of carbonyl (C=O) groups excluding carboxylic acids is 2. The highest BCUT2D eigenvalue weighted by molar-refractivity contribution is 7.80. The van der Waals surface area contributed by atoms with Crippen molar-refractivity contribution in [3.05, 3.63) is 0 Å². The maximum absolute atomic E-state index is 10.9. The number of Topliss-reactive ketones (excluding diaryl/α,β-unsaturated/α-hetero) is 1. The van der Waals surface area contributed by atoms with Crippen LogP contribution in [-0.4, -0.2) is 34.6 Å². The van der Waals surface area contributed by atoms with E-state index < -0.39 is 23.7 Å². The lowest BCUT2D eigenvalue weighted by Crippen LogP contribution is -2.45. The SMILES string of the molecule is CC(=O)C(NC(=O)CCS)C(=O)O. The molecule has 1 amide bonds. The van der Waals surface area contributed by atoms with Crippen molar-refractivity contribution in [1.29, 1.82) is 0 Å². The van der Waals surface area contributed by atoms with Gasteiger partial charge in [-0.05, 0) is 12.7 Å². The van der Waals surface area contributed by atoms with Crippen molar-refractivity contribution in [1.82, 2.24) is 5.32 Å². The van der Waals surface area contributed by atoms with Gasteiger partial charge in [0.05, 0.1) is 0 Å². The minimum Gasteiger partial charge on any atom is -0.479 e. The molecule has 0 aromatic carbocycles. The summed E-state index contributed by atoms with van der Waals surface area (Å²) in [7, 11) is 0. The number of carboxylic acids is 1. The fourth-order valence-electron chi connectivity index (χ4n) is 0.672. The molecule has 0 saturated carbocycles. The van der Waals surface area contributed by atoms with Crippen molar-refractivity contribution in [2.24, 2.45) is 0 Å². The number of ketones is 1. The molecule has 74 valence electrons. The van der Waals surface area contributed by atoms with Gasteiger partial charge in [0.25, 0.3) is 0 Å². The van der Waals surface area contributed by atoms with Crippen LogP contribution in [0.25, 0.3) is 0 Å². The molecule has 2 N–H and O–H groups in total. The molecule has 0 bridgehead atoms. The highest BCUT2D eigenvalue weighted by Gasteiger charge is 2.23. The van der Waals surface area contributed by atoms with Gasteiger partial charge in [-0.2, -0.15) is 12.6 Å². The van der Waals surface area contributed by atoms with E-state index in [1.807, 2.05) is 0 Å². The van der Waals surface area contributed by atoms with Crippen LogP contribution in [0.2, 0.25) is 0 Å². The average Bonchev–Trinajstić information content (AvgIpc) is 1.99. The lowest BCUT2D eigenvalue weighted by atomic mass is 10.2. The summed E-state index contributed by atoms with van der Waals surface area (Å²) in [6.07, 6.45) is 0.0974. The predicted octanol–water partition coefficient (Wildman–Crippen LogP) is -0.535. The third kappa shape index (κ3) is 4.51. The minimum atomic E-state index is -1.44. The third-order valence-electron chi connectivity index (χ3n) is 1.30. The van der Waals surface area contributed by atoms with E-state index in [-0.39, 0.29) is 6.42 Å². The second kappa shape index (κ2) is 5.58. The monoisotopic (exact) mass is 205 g/mol. The quantitative estimate of drug-likeness (QED) is 0.416. The molecule has 0 spiro atoms. The summed E-state index contributed by atoms with van der Waals surface area (Å²) in [5.74, 6) is -2.12.